The minimum Gasteiger partial charge on any atom is -0.379 e. The number of nitrogens with zero attached hydrogens (tertiary/aromatic N) is 4. The molecule has 4 rings (SSSR count). The summed E-state index contributed by atoms with van der Waals surface area (Å²) in [6.07, 6.45) is 2.56. The smallest absolute Gasteiger partial charge is 0.243 e. The third-order valence-electron chi connectivity index (χ3n) is 5.58. The predicted octanol–water partition coefficient (Wildman–Crippen LogP) is 2.18. The number of likely N-dealkylation sites (tertiary alicyclic amines) is 1. The zero-order chi connectivity index (χ0) is 21.1. The summed E-state index contributed by atoms with van der Waals surface area (Å²) < 4.78 is 34.8. The third kappa shape index (κ3) is 4.37. The number of carbonyl (C=O) groups is 1. The van der Waals surface area contributed by atoms with E-state index in [1.54, 1.807) is 23.9 Å². The second-order valence-corrected chi connectivity index (χ2v) is 10.5. The second-order valence-electron chi connectivity index (χ2n) is 7.49. The van der Waals surface area contributed by atoms with E-state index in [9.17, 15) is 13.2 Å². The minimum atomic E-state index is -3.54. The molecular formula is C20H28N4O4S2. The molecule has 164 valence electrons. The van der Waals surface area contributed by atoms with Crippen molar-refractivity contribution in [1.29, 1.82) is 0 Å². The molecule has 0 unspecified atom stereocenters. The third-order valence-corrected chi connectivity index (χ3v) is 8.54. The molecule has 2 aromatic rings. The van der Waals surface area contributed by atoms with Crippen LogP contribution >= 0.6 is 11.8 Å². The molecule has 2 fully saturated rings. The summed E-state index contributed by atoms with van der Waals surface area (Å²) in [5.41, 5.74) is 1.64. The molecule has 0 bridgehead atoms. The van der Waals surface area contributed by atoms with Gasteiger partial charge in [0.15, 0.2) is 5.16 Å². The summed E-state index contributed by atoms with van der Waals surface area (Å²) in [6.45, 7) is 6.10. The van der Waals surface area contributed by atoms with Gasteiger partial charge in [0.25, 0.3) is 0 Å². The highest BCUT2D eigenvalue weighted by Gasteiger charge is 2.27. The number of carbonyl (C=O) groups excluding carboxylic acids is 1. The zero-order valence-corrected chi connectivity index (χ0v) is 18.9. The second kappa shape index (κ2) is 9.25. The van der Waals surface area contributed by atoms with Crippen molar-refractivity contribution < 1.29 is 17.9 Å². The standard InChI is InChI=1S/C20H28N4O4S2/c1-2-24-18-7-6-16(30(26,27)23-10-12-28-13-11-23)15-17(18)21-20(24)29-14-4-9-22-8-3-5-19(22)25/h6-7,15H,2-5,8-14H2,1H3. The maximum absolute atomic E-state index is 13.0. The average Bonchev–Trinajstić information content (AvgIpc) is 3.33. The Kier molecular flexibility index (Phi) is 6.66. The fourth-order valence-electron chi connectivity index (χ4n) is 3.96. The summed E-state index contributed by atoms with van der Waals surface area (Å²) in [6, 6.07) is 5.21. The van der Waals surface area contributed by atoms with E-state index in [1.165, 1.54) is 4.31 Å². The van der Waals surface area contributed by atoms with Gasteiger partial charge >= 0.3 is 0 Å². The van der Waals surface area contributed by atoms with Crippen LogP contribution < -0.4 is 0 Å². The Balaban J connectivity index is 1.48. The molecule has 1 aromatic heterocycles. The van der Waals surface area contributed by atoms with E-state index >= 15 is 0 Å². The summed E-state index contributed by atoms with van der Waals surface area (Å²) in [4.78, 5) is 18.7. The van der Waals surface area contributed by atoms with Gasteiger partial charge in [0.2, 0.25) is 15.9 Å². The van der Waals surface area contributed by atoms with Gasteiger partial charge in [0, 0.05) is 44.9 Å². The van der Waals surface area contributed by atoms with E-state index in [1.807, 2.05) is 11.0 Å². The quantitative estimate of drug-likeness (QED) is 0.451. The van der Waals surface area contributed by atoms with Crippen LogP contribution in [0, 0.1) is 0 Å². The summed E-state index contributed by atoms with van der Waals surface area (Å²) in [5, 5.41) is 0.890. The molecule has 1 aromatic carbocycles. The van der Waals surface area contributed by atoms with Crippen LogP contribution in [-0.2, 0) is 26.1 Å². The molecule has 0 aliphatic carbocycles. The zero-order valence-electron chi connectivity index (χ0n) is 17.2. The van der Waals surface area contributed by atoms with Gasteiger partial charge in [0.1, 0.15) is 0 Å². The predicted molar refractivity (Wildman–Crippen MR) is 116 cm³/mol. The van der Waals surface area contributed by atoms with Crippen LogP contribution in [0.15, 0.2) is 28.3 Å². The molecule has 30 heavy (non-hydrogen) atoms. The number of rotatable bonds is 8. The van der Waals surface area contributed by atoms with Gasteiger partial charge in [0.05, 0.1) is 29.1 Å². The number of imidazole rings is 1. The van der Waals surface area contributed by atoms with Crippen LogP contribution in [0.1, 0.15) is 26.2 Å². The minimum absolute atomic E-state index is 0.259. The molecule has 0 radical (unpaired) electrons. The lowest BCUT2D eigenvalue weighted by Crippen LogP contribution is -2.40. The molecular weight excluding hydrogens is 424 g/mol. The molecule has 8 nitrogen and oxygen atoms in total. The SMILES string of the molecule is CCn1c(SCCCN2CCCC2=O)nc2cc(S(=O)(=O)N3CCOCC3)ccc21. The first-order valence-electron chi connectivity index (χ1n) is 10.5. The molecule has 2 aliphatic heterocycles. The fourth-order valence-corrected chi connectivity index (χ4v) is 6.39. The van der Waals surface area contributed by atoms with Gasteiger partial charge in [-0.3, -0.25) is 4.79 Å². The van der Waals surface area contributed by atoms with Crippen LogP contribution in [0.5, 0.6) is 0 Å². The lowest BCUT2D eigenvalue weighted by atomic mass is 10.3. The average molecular weight is 453 g/mol. The highest BCUT2D eigenvalue weighted by atomic mass is 32.2. The maximum atomic E-state index is 13.0. The maximum Gasteiger partial charge on any atom is 0.243 e. The Hall–Kier alpha value is -1.62. The number of morpholine rings is 1. The van der Waals surface area contributed by atoms with Crippen molar-refractivity contribution in [3.63, 3.8) is 0 Å². The Morgan fingerprint density at radius 1 is 1.20 bits per heavy atom. The Morgan fingerprint density at radius 3 is 2.70 bits per heavy atom. The first-order chi connectivity index (χ1) is 14.5. The van der Waals surface area contributed by atoms with Crippen molar-refractivity contribution in [3.05, 3.63) is 18.2 Å². The van der Waals surface area contributed by atoms with Gasteiger partial charge in [-0.15, -0.1) is 0 Å². The molecule has 0 spiro atoms. The van der Waals surface area contributed by atoms with Gasteiger partial charge in [-0.05, 0) is 38.0 Å². The van der Waals surface area contributed by atoms with E-state index < -0.39 is 10.0 Å². The number of amides is 1. The number of hydrogen-bond donors (Lipinski definition) is 0. The van der Waals surface area contributed by atoms with Gasteiger partial charge < -0.3 is 14.2 Å². The van der Waals surface area contributed by atoms with Crippen molar-refractivity contribution in [2.24, 2.45) is 0 Å². The number of ether oxygens (including phenoxy) is 1. The number of benzene rings is 1. The Labute approximate surface area is 181 Å². The number of thioether (sulfide) groups is 1. The van der Waals surface area contributed by atoms with Crippen LogP contribution in [0.2, 0.25) is 0 Å². The number of aromatic nitrogens is 2. The number of sulfonamides is 1. The molecule has 2 saturated heterocycles. The summed E-state index contributed by atoms with van der Waals surface area (Å²) in [7, 11) is -3.54. The fraction of sp³-hybridized carbons (Fsp3) is 0.600. The molecule has 2 aliphatic rings. The lowest BCUT2D eigenvalue weighted by Gasteiger charge is -2.26. The van der Waals surface area contributed by atoms with Crippen molar-refractivity contribution in [2.45, 2.75) is 42.8 Å². The molecule has 0 atom stereocenters. The van der Waals surface area contributed by atoms with Gasteiger partial charge in [-0.1, -0.05) is 11.8 Å². The number of fused-ring (bicyclic) bond motifs is 1. The normalized spacial score (nSPS) is 18.6. The lowest BCUT2D eigenvalue weighted by molar-refractivity contribution is -0.127. The largest absolute Gasteiger partial charge is 0.379 e. The van der Waals surface area contributed by atoms with Crippen LogP contribution in [0.25, 0.3) is 11.0 Å². The number of aryl methyl sites for hydroxylation is 1. The molecule has 0 saturated carbocycles. The Morgan fingerprint density at radius 2 is 2.00 bits per heavy atom. The van der Waals surface area contributed by atoms with Crippen molar-refractivity contribution in [1.82, 2.24) is 18.8 Å². The number of hydrogen-bond acceptors (Lipinski definition) is 6. The molecule has 10 heteroatoms. The highest BCUT2D eigenvalue weighted by Crippen LogP contribution is 2.28. The van der Waals surface area contributed by atoms with E-state index in [0.29, 0.717) is 38.2 Å². The van der Waals surface area contributed by atoms with Crippen LogP contribution in [-0.4, -0.2) is 78.2 Å². The van der Waals surface area contributed by atoms with Crippen LogP contribution in [0.3, 0.4) is 0 Å². The van der Waals surface area contributed by atoms with Crippen molar-refractivity contribution in [2.75, 3.05) is 45.1 Å². The van der Waals surface area contributed by atoms with Gasteiger partial charge in [-0.25, -0.2) is 13.4 Å². The van der Waals surface area contributed by atoms with E-state index in [2.05, 4.69) is 11.5 Å². The van der Waals surface area contributed by atoms with Crippen molar-refractivity contribution >= 4 is 38.7 Å². The van der Waals surface area contributed by atoms with Crippen LogP contribution in [0.4, 0.5) is 0 Å². The summed E-state index contributed by atoms with van der Waals surface area (Å²) in [5.74, 6) is 1.13. The highest BCUT2D eigenvalue weighted by molar-refractivity contribution is 7.99. The van der Waals surface area contributed by atoms with Gasteiger partial charge in [-0.2, -0.15) is 4.31 Å². The topological polar surface area (TPSA) is 84.7 Å². The first kappa shape index (κ1) is 21.6. The molecule has 3 heterocycles. The first-order valence-corrected chi connectivity index (χ1v) is 12.9. The molecule has 0 N–H and O–H groups in total. The van der Waals surface area contributed by atoms with E-state index in [-0.39, 0.29) is 10.8 Å². The summed E-state index contributed by atoms with van der Waals surface area (Å²) >= 11 is 1.66. The Bertz CT molecular complexity index is 1020. The molecule has 1 amide bonds. The van der Waals surface area contributed by atoms with E-state index in [4.69, 9.17) is 9.72 Å². The monoisotopic (exact) mass is 452 g/mol. The van der Waals surface area contributed by atoms with E-state index in [0.717, 1.165) is 48.9 Å². The van der Waals surface area contributed by atoms with Crippen molar-refractivity contribution in [3.8, 4) is 0 Å².